The molecule has 1 aromatic carbocycles. The lowest BCUT2D eigenvalue weighted by molar-refractivity contribution is -0.150. The topological polar surface area (TPSA) is 67.9 Å². The third-order valence-electron chi connectivity index (χ3n) is 4.56. The molecule has 0 spiro atoms. The average Bonchev–Trinajstić information content (AvgIpc) is 2.65. The summed E-state index contributed by atoms with van der Waals surface area (Å²) in [6, 6.07) is 7.79. The molecule has 6 heteroatoms. The lowest BCUT2D eigenvalue weighted by Gasteiger charge is -2.38. The second-order valence-electron chi connectivity index (χ2n) is 7.86. The van der Waals surface area contributed by atoms with Crippen LogP contribution in [0.25, 0.3) is 0 Å². The van der Waals surface area contributed by atoms with Crippen molar-refractivity contribution in [2.75, 3.05) is 31.6 Å². The predicted molar refractivity (Wildman–Crippen MR) is 109 cm³/mol. The summed E-state index contributed by atoms with van der Waals surface area (Å²) in [6.45, 7) is 8.94. The molecule has 0 saturated carbocycles. The van der Waals surface area contributed by atoms with E-state index in [0.29, 0.717) is 32.7 Å². The number of hydrogen-bond donors (Lipinski definition) is 1. The number of terminal acetylenes is 1. The van der Waals surface area contributed by atoms with E-state index in [9.17, 15) is 9.59 Å². The normalized spacial score (nSPS) is 19.5. The van der Waals surface area contributed by atoms with Crippen LogP contribution in [0.2, 0.25) is 0 Å². The van der Waals surface area contributed by atoms with E-state index >= 15 is 0 Å². The summed E-state index contributed by atoms with van der Waals surface area (Å²) < 4.78 is 10.8. The van der Waals surface area contributed by atoms with Crippen LogP contribution in [-0.4, -0.2) is 48.8 Å². The maximum atomic E-state index is 12.6. The Kier molecular flexibility index (Phi) is 7.33. The second kappa shape index (κ2) is 9.50. The number of carbonyl (C=O) groups excluding carboxylic acids is 2. The van der Waals surface area contributed by atoms with Gasteiger partial charge in [-0.25, -0.2) is 4.79 Å². The van der Waals surface area contributed by atoms with Crippen molar-refractivity contribution in [1.29, 1.82) is 0 Å². The summed E-state index contributed by atoms with van der Waals surface area (Å²) in [7, 11) is 0. The smallest absolute Gasteiger partial charge is 0.410 e. The number of ether oxygens (including phenoxy) is 2. The molecule has 1 aliphatic heterocycles. The molecule has 1 saturated heterocycles. The number of piperidine rings is 1. The monoisotopic (exact) mass is 386 g/mol. The fourth-order valence-electron chi connectivity index (χ4n) is 3.35. The number of amides is 1. The third-order valence-corrected chi connectivity index (χ3v) is 4.56. The van der Waals surface area contributed by atoms with Gasteiger partial charge in [-0.15, -0.1) is 6.42 Å². The number of nitrogens with zero attached hydrogens (tertiary/aromatic N) is 1. The van der Waals surface area contributed by atoms with Gasteiger partial charge in [-0.05, 0) is 51.8 Å². The number of carbonyl (C=O) groups is 2. The number of benzene rings is 1. The lowest BCUT2D eigenvalue weighted by Crippen LogP contribution is -2.47. The quantitative estimate of drug-likeness (QED) is 0.618. The highest BCUT2D eigenvalue weighted by Gasteiger charge is 2.38. The zero-order valence-electron chi connectivity index (χ0n) is 17.2. The Morgan fingerprint density at radius 1 is 1.36 bits per heavy atom. The number of esters is 1. The number of anilines is 1. The molecule has 1 N–H and O–H groups in total. The van der Waals surface area contributed by atoms with Crippen molar-refractivity contribution < 1.29 is 19.1 Å². The minimum atomic E-state index is -0.566. The van der Waals surface area contributed by atoms with Crippen molar-refractivity contribution in [3.63, 3.8) is 0 Å². The van der Waals surface area contributed by atoms with E-state index in [1.165, 1.54) is 0 Å². The van der Waals surface area contributed by atoms with E-state index in [4.69, 9.17) is 15.9 Å². The average molecular weight is 386 g/mol. The van der Waals surface area contributed by atoms with Crippen LogP contribution in [0, 0.1) is 18.3 Å². The first-order valence-corrected chi connectivity index (χ1v) is 9.67. The van der Waals surface area contributed by atoms with Crippen LogP contribution in [0.15, 0.2) is 24.3 Å². The van der Waals surface area contributed by atoms with Gasteiger partial charge in [0.15, 0.2) is 0 Å². The molecule has 152 valence electrons. The van der Waals surface area contributed by atoms with Crippen LogP contribution in [0.5, 0.6) is 0 Å². The zero-order valence-corrected chi connectivity index (χ0v) is 17.2. The van der Waals surface area contributed by atoms with Crippen molar-refractivity contribution >= 4 is 17.7 Å². The minimum absolute atomic E-state index is 0.173. The van der Waals surface area contributed by atoms with Gasteiger partial charge in [0, 0.05) is 24.7 Å². The van der Waals surface area contributed by atoms with E-state index in [1.54, 1.807) is 11.8 Å². The van der Waals surface area contributed by atoms with E-state index in [0.717, 1.165) is 11.3 Å². The molecule has 1 aliphatic rings. The number of rotatable bonds is 5. The predicted octanol–water partition coefficient (Wildman–Crippen LogP) is 3.64. The van der Waals surface area contributed by atoms with E-state index in [-0.39, 0.29) is 23.9 Å². The Labute approximate surface area is 167 Å². The Bertz CT molecular complexity index is 733. The fourth-order valence-corrected chi connectivity index (χ4v) is 3.35. The highest BCUT2D eigenvalue weighted by molar-refractivity contribution is 5.75. The first-order valence-electron chi connectivity index (χ1n) is 9.67. The van der Waals surface area contributed by atoms with Gasteiger partial charge in [0.05, 0.1) is 19.1 Å². The van der Waals surface area contributed by atoms with Crippen LogP contribution in [-0.2, 0) is 14.3 Å². The first kappa shape index (κ1) is 21.6. The van der Waals surface area contributed by atoms with Crippen molar-refractivity contribution in [1.82, 2.24) is 4.90 Å². The highest BCUT2D eigenvalue weighted by atomic mass is 16.6. The number of likely N-dealkylation sites (tertiary alicyclic amines) is 1. The Balaban J connectivity index is 2.26. The molecule has 1 amide bonds. The molecule has 0 unspecified atom stereocenters. The molecule has 1 aromatic rings. The summed E-state index contributed by atoms with van der Waals surface area (Å²) >= 11 is 0. The molecule has 2 rings (SSSR count). The Morgan fingerprint density at radius 3 is 2.75 bits per heavy atom. The van der Waals surface area contributed by atoms with Gasteiger partial charge in [-0.3, -0.25) is 4.79 Å². The Hall–Kier alpha value is -2.68. The van der Waals surface area contributed by atoms with E-state index in [2.05, 4.69) is 11.2 Å². The molecule has 0 radical (unpaired) electrons. The molecule has 0 bridgehead atoms. The standard InChI is InChI=1S/C22H30N2O4/c1-6-12-23-17-10-8-9-16(14-17)19-15-24(21(26)28-22(3,4)5)13-11-18(19)20(25)27-7-2/h1,8-10,14,18-19,23H,7,11-13,15H2,2-5H3/t18-,19+/m1/s1. The zero-order chi connectivity index (χ0) is 20.7. The van der Waals surface area contributed by atoms with Crippen molar-refractivity contribution in [2.24, 2.45) is 5.92 Å². The van der Waals surface area contributed by atoms with Crippen molar-refractivity contribution in [2.45, 2.75) is 45.6 Å². The maximum absolute atomic E-state index is 12.6. The first-order chi connectivity index (χ1) is 13.2. The third kappa shape index (κ3) is 5.91. The minimum Gasteiger partial charge on any atom is -0.466 e. The summed E-state index contributed by atoms with van der Waals surface area (Å²) in [6.07, 6.45) is 5.50. The summed E-state index contributed by atoms with van der Waals surface area (Å²) in [5, 5.41) is 3.15. The molecule has 1 heterocycles. The van der Waals surface area contributed by atoms with Crippen LogP contribution < -0.4 is 5.32 Å². The molecule has 2 atom stereocenters. The van der Waals surface area contributed by atoms with Crippen molar-refractivity contribution in [3.8, 4) is 12.3 Å². The van der Waals surface area contributed by atoms with Crippen LogP contribution in [0.1, 0.15) is 45.6 Å². The van der Waals surface area contributed by atoms with Gasteiger partial charge in [0.25, 0.3) is 0 Å². The molecule has 28 heavy (non-hydrogen) atoms. The van der Waals surface area contributed by atoms with E-state index in [1.807, 2.05) is 45.0 Å². The molecule has 6 nitrogen and oxygen atoms in total. The maximum Gasteiger partial charge on any atom is 0.410 e. The Morgan fingerprint density at radius 2 is 2.11 bits per heavy atom. The van der Waals surface area contributed by atoms with Gasteiger partial charge in [0.1, 0.15) is 5.60 Å². The van der Waals surface area contributed by atoms with E-state index < -0.39 is 5.60 Å². The summed E-state index contributed by atoms with van der Waals surface area (Å²) in [5.74, 6) is 1.85. The molecular formula is C22H30N2O4. The van der Waals surface area contributed by atoms with Crippen LogP contribution in [0.3, 0.4) is 0 Å². The number of hydrogen-bond acceptors (Lipinski definition) is 5. The highest BCUT2D eigenvalue weighted by Crippen LogP contribution is 2.35. The summed E-state index contributed by atoms with van der Waals surface area (Å²) in [5.41, 5.74) is 1.28. The molecule has 0 aliphatic carbocycles. The van der Waals surface area contributed by atoms with Gasteiger partial charge in [-0.2, -0.15) is 0 Å². The van der Waals surface area contributed by atoms with Gasteiger partial charge in [0.2, 0.25) is 0 Å². The molecule has 1 fully saturated rings. The largest absolute Gasteiger partial charge is 0.466 e. The van der Waals surface area contributed by atoms with Crippen LogP contribution in [0.4, 0.5) is 10.5 Å². The van der Waals surface area contributed by atoms with Gasteiger partial charge in [-0.1, -0.05) is 18.1 Å². The second-order valence-corrected chi connectivity index (χ2v) is 7.86. The SMILES string of the molecule is C#CCNc1cccc([C@@H]2CN(C(=O)OC(C)(C)C)CC[C@H]2C(=O)OCC)c1. The lowest BCUT2D eigenvalue weighted by atomic mass is 9.80. The number of nitrogens with one attached hydrogen (secondary N) is 1. The van der Waals surface area contributed by atoms with Gasteiger partial charge < -0.3 is 19.7 Å². The van der Waals surface area contributed by atoms with Crippen molar-refractivity contribution in [3.05, 3.63) is 29.8 Å². The summed E-state index contributed by atoms with van der Waals surface area (Å²) in [4.78, 5) is 26.8. The fraction of sp³-hybridized carbons (Fsp3) is 0.545. The van der Waals surface area contributed by atoms with Gasteiger partial charge >= 0.3 is 12.1 Å². The van der Waals surface area contributed by atoms with Crippen LogP contribution >= 0.6 is 0 Å². The molecular weight excluding hydrogens is 356 g/mol. The molecule has 0 aromatic heterocycles.